The molecular weight excluding hydrogens is 232 g/mol. The van der Waals surface area contributed by atoms with E-state index in [4.69, 9.17) is 5.11 Å². The van der Waals surface area contributed by atoms with E-state index in [9.17, 15) is 0 Å². The Bertz CT molecular complexity index is 497. The van der Waals surface area contributed by atoms with E-state index in [0.29, 0.717) is 0 Å². The fourth-order valence-electron chi connectivity index (χ4n) is 2.33. The number of aliphatic hydroxyl groups is 1. The lowest BCUT2D eigenvalue weighted by molar-refractivity contribution is 0.252. The third-order valence-corrected chi connectivity index (χ3v) is 3.72. The normalized spacial score (nSPS) is 11.5. The first-order valence-corrected chi connectivity index (χ1v) is 6.86. The molecule has 0 unspecified atom stereocenters. The summed E-state index contributed by atoms with van der Waals surface area (Å²) in [4.78, 5) is 0. The SMILES string of the molecule is CC(C)(CCO)c1ccc(Cc2ccccc2)cc1. The fourth-order valence-corrected chi connectivity index (χ4v) is 2.33. The Labute approximate surface area is 115 Å². The maximum Gasteiger partial charge on any atom is 0.0439 e. The first kappa shape index (κ1) is 13.8. The highest BCUT2D eigenvalue weighted by molar-refractivity contribution is 5.31. The molecule has 0 aliphatic heterocycles. The standard InChI is InChI=1S/C18H22O/c1-18(2,12-13-19)17-10-8-16(9-11-17)14-15-6-4-3-5-7-15/h3-11,19H,12-14H2,1-2H3. The van der Waals surface area contributed by atoms with Crippen molar-refractivity contribution in [3.05, 3.63) is 71.3 Å². The number of aliphatic hydroxyl groups excluding tert-OH is 1. The Hall–Kier alpha value is -1.60. The van der Waals surface area contributed by atoms with Crippen molar-refractivity contribution >= 4 is 0 Å². The molecule has 0 saturated heterocycles. The van der Waals surface area contributed by atoms with Gasteiger partial charge >= 0.3 is 0 Å². The van der Waals surface area contributed by atoms with Gasteiger partial charge in [0.05, 0.1) is 0 Å². The predicted molar refractivity (Wildman–Crippen MR) is 80.4 cm³/mol. The Balaban J connectivity index is 2.11. The zero-order valence-electron chi connectivity index (χ0n) is 11.8. The molecule has 0 aliphatic rings. The van der Waals surface area contributed by atoms with Crippen LogP contribution in [0.2, 0.25) is 0 Å². The zero-order valence-corrected chi connectivity index (χ0v) is 11.8. The molecule has 2 aromatic carbocycles. The molecule has 100 valence electrons. The number of benzene rings is 2. The Morgan fingerprint density at radius 2 is 1.42 bits per heavy atom. The highest BCUT2D eigenvalue weighted by Crippen LogP contribution is 2.27. The molecule has 1 nitrogen and oxygen atoms in total. The highest BCUT2D eigenvalue weighted by Gasteiger charge is 2.19. The van der Waals surface area contributed by atoms with Crippen LogP contribution in [0.25, 0.3) is 0 Å². The van der Waals surface area contributed by atoms with Crippen LogP contribution >= 0.6 is 0 Å². The van der Waals surface area contributed by atoms with Crippen molar-refractivity contribution in [2.45, 2.75) is 32.1 Å². The van der Waals surface area contributed by atoms with Crippen molar-refractivity contribution < 1.29 is 5.11 Å². The van der Waals surface area contributed by atoms with Crippen LogP contribution in [0.3, 0.4) is 0 Å². The fraction of sp³-hybridized carbons (Fsp3) is 0.333. The lowest BCUT2D eigenvalue weighted by Gasteiger charge is -2.24. The van der Waals surface area contributed by atoms with Crippen molar-refractivity contribution in [2.75, 3.05) is 6.61 Å². The lowest BCUT2D eigenvalue weighted by atomic mass is 9.81. The Morgan fingerprint density at radius 1 is 0.842 bits per heavy atom. The third kappa shape index (κ3) is 3.68. The summed E-state index contributed by atoms with van der Waals surface area (Å²) < 4.78 is 0. The first-order valence-electron chi connectivity index (χ1n) is 6.86. The lowest BCUT2D eigenvalue weighted by Crippen LogP contribution is -2.18. The van der Waals surface area contributed by atoms with Gasteiger partial charge in [0.25, 0.3) is 0 Å². The largest absolute Gasteiger partial charge is 0.396 e. The molecule has 2 rings (SSSR count). The molecule has 0 saturated carbocycles. The van der Waals surface area contributed by atoms with Crippen LogP contribution in [0.5, 0.6) is 0 Å². The summed E-state index contributed by atoms with van der Waals surface area (Å²) in [6.45, 7) is 4.59. The monoisotopic (exact) mass is 254 g/mol. The minimum Gasteiger partial charge on any atom is -0.396 e. The molecule has 0 atom stereocenters. The van der Waals surface area contributed by atoms with E-state index in [1.807, 2.05) is 6.07 Å². The molecule has 0 spiro atoms. The first-order chi connectivity index (χ1) is 9.12. The molecular formula is C18H22O. The Kier molecular flexibility index (Phi) is 4.39. The summed E-state index contributed by atoms with van der Waals surface area (Å²) in [5, 5.41) is 9.11. The number of hydrogen-bond acceptors (Lipinski definition) is 1. The zero-order chi connectivity index (χ0) is 13.7. The molecule has 0 bridgehead atoms. The van der Waals surface area contributed by atoms with Crippen LogP contribution in [0.15, 0.2) is 54.6 Å². The van der Waals surface area contributed by atoms with Gasteiger partial charge in [-0.25, -0.2) is 0 Å². The average molecular weight is 254 g/mol. The molecule has 1 heteroatoms. The van der Waals surface area contributed by atoms with Crippen molar-refractivity contribution in [3.8, 4) is 0 Å². The minimum absolute atomic E-state index is 0.0417. The van der Waals surface area contributed by atoms with Gasteiger partial charge in [-0.3, -0.25) is 0 Å². The molecule has 1 N–H and O–H groups in total. The molecule has 0 aliphatic carbocycles. The average Bonchev–Trinajstić information content (AvgIpc) is 2.40. The second-order valence-corrected chi connectivity index (χ2v) is 5.72. The van der Waals surface area contributed by atoms with Crippen molar-refractivity contribution in [1.82, 2.24) is 0 Å². The molecule has 2 aromatic rings. The maximum absolute atomic E-state index is 9.11. The van der Waals surface area contributed by atoms with E-state index in [1.54, 1.807) is 0 Å². The summed E-state index contributed by atoms with van der Waals surface area (Å²) in [6.07, 6.45) is 1.77. The van der Waals surface area contributed by atoms with Crippen LogP contribution in [-0.2, 0) is 11.8 Å². The van der Waals surface area contributed by atoms with Crippen LogP contribution in [0.4, 0.5) is 0 Å². The van der Waals surface area contributed by atoms with E-state index < -0.39 is 0 Å². The Morgan fingerprint density at radius 3 is 2.00 bits per heavy atom. The highest BCUT2D eigenvalue weighted by atomic mass is 16.3. The molecule has 0 amide bonds. The van der Waals surface area contributed by atoms with E-state index in [0.717, 1.165) is 12.8 Å². The van der Waals surface area contributed by atoms with Gasteiger partial charge in [0.1, 0.15) is 0 Å². The second kappa shape index (κ2) is 6.03. The predicted octanol–water partition coefficient (Wildman–Crippen LogP) is 3.94. The van der Waals surface area contributed by atoms with E-state index in [-0.39, 0.29) is 12.0 Å². The number of rotatable bonds is 5. The summed E-state index contributed by atoms with van der Waals surface area (Å²) >= 11 is 0. The van der Waals surface area contributed by atoms with Gasteiger partial charge in [-0.2, -0.15) is 0 Å². The van der Waals surface area contributed by atoms with Gasteiger partial charge in [-0.05, 0) is 34.9 Å². The van der Waals surface area contributed by atoms with Crippen LogP contribution in [-0.4, -0.2) is 11.7 Å². The summed E-state index contributed by atoms with van der Waals surface area (Å²) in [5.41, 5.74) is 4.00. The summed E-state index contributed by atoms with van der Waals surface area (Å²) in [7, 11) is 0. The van der Waals surface area contributed by atoms with Gasteiger partial charge in [0.2, 0.25) is 0 Å². The van der Waals surface area contributed by atoms with E-state index in [2.05, 4.69) is 62.4 Å². The van der Waals surface area contributed by atoms with E-state index in [1.165, 1.54) is 16.7 Å². The van der Waals surface area contributed by atoms with Crippen LogP contribution in [0, 0.1) is 0 Å². The van der Waals surface area contributed by atoms with Crippen molar-refractivity contribution in [2.24, 2.45) is 0 Å². The molecule has 0 heterocycles. The second-order valence-electron chi connectivity index (χ2n) is 5.72. The van der Waals surface area contributed by atoms with Crippen molar-refractivity contribution in [3.63, 3.8) is 0 Å². The van der Waals surface area contributed by atoms with Gasteiger partial charge < -0.3 is 5.11 Å². The smallest absolute Gasteiger partial charge is 0.0439 e. The number of hydrogen-bond donors (Lipinski definition) is 1. The third-order valence-electron chi connectivity index (χ3n) is 3.72. The topological polar surface area (TPSA) is 20.2 Å². The van der Waals surface area contributed by atoms with Gasteiger partial charge in [-0.1, -0.05) is 68.4 Å². The molecule has 0 radical (unpaired) electrons. The van der Waals surface area contributed by atoms with Gasteiger partial charge in [0.15, 0.2) is 0 Å². The van der Waals surface area contributed by atoms with Gasteiger partial charge in [-0.15, -0.1) is 0 Å². The van der Waals surface area contributed by atoms with Crippen molar-refractivity contribution in [1.29, 1.82) is 0 Å². The quantitative estimate of drug-likeness (QED) is 0.857. The van der Waals surface area contributed by atoms with Crippen LogP contribution < -0.4 is 0 Å². The van der Waals surface area contributed by atoms with Crippen LogP contribution in [0.1, 0.15) is 37.0 Å². The summed E-state index contributed by atoms with van der Waals surface area (Å²) in [6, 6.07) is 19.3. The minimum atomic E-state index is 0.0417. The van der Waals surface area contributed by atoms with E-state index >= 15 is 0 Å². The molecule has 0 aromatic heterocycles. The molecule has 19 heavy (non-hydrogen) atoms. The summed E-state index contributed by atoms with van der Waals surface area (Å²) in [5.74, 6) is 0. The maximum atomic E-state index is 9.11. The molecule has 0 fully saturated rings. The van der Waals surface area contributed by atoms with Gasteiger partial charge in [0, 0.05) is 6.61 Å².